The molecule has 1 aromatic carbocycles. The van der Waals surface area contributed by atoms with E-state index in [1.165, 1.54) is 0 Å². The fraction of sp³-hybridized carbons (Fsp3) is 0.250. The highest BCUT2D eigenvalue weighted by atomic mass is 35.5. The second-order valence-electron chi connectivity index (χ2n) is 3.84. The van der Waals surface area contributed by atoms with Crippen molar-refractivity contribution in [3.05, 3.63) is 35.5 Å². The van der Waals surface area contributed by atoms with Crippen molar-refractivity contribution in [3.63, 3.8) is 0 Å². The first-order valence-corrected chi connectivity index (χ1v) is 5.44. The average Bonchev–Trinajstić information content (AvgIpc) is 2.61. The molecule has 3 nitrogen and oxygen atoms in total. The van der Waals surface area contributed by atoms with E-state index in [0.29, 0.717) is 5.02 Å². The van der Waals surface area contributed by atoms with Gasteiger partial charge in [-0.1, -0.05) is 17.7 Å². The molecule has 84 valence electrons. The van der Waals surface area contributed by atoms with Crippen LogP contribution in [0.4, 0.5) is 0 Å². The summed E-state index contributed by atoms with van der Waals surface area (Å²) in [5.41, 5.74) is 0.973. The molecule has 2 aromatic rings. The van der Waals surface area contributed by atoms with Crippen molar-refractivity contribution < 1.29 is 9.90 Å². The zero-order valence-electron chi connectivity index (χ0n) is 8.85. The fourth-order valence-corrected chi connectivity index (χ4v) is 2.12. The summed E-state index contributed by atoms with van der Waals surface area (Å²) in [5, 5.41) is 10.4. The Morgan fingerprint density at radius 2 is 2.25 bits per heavy atom. The van der Waals surface area contributed by atoms with E-state index in [0.717, 1.165) is 10.9 Å². The highest BCUT2D eigenvalue weighted by molar-refractivity contribution is 6.35. The quantitative estimate of drug-likeness (QED) is 0.890. The van der Waals surface area contributed by atoms with Gasteiger partial charge in [0.1, 0.15) is 0 Å². The van der Waals surface area contributed by atoms with E-state index in [9.17, 15) is 4.79 Å². The molecule has 0 fully saturated rings. The summed E-state index contributed by atoms with van der Waals surface area (Å²) in [5.74, 6) is -0.795. The van der Waals surface area contributed by atoms with Crippen LogP contribution >= 0.6 is 11.6 Å². The standard InChI is InChI=1S/C12H12ClNO2/c1-8(7-12(15)16)14-6-5-9-10(13)3-2-4-11(9)14/h2-6,8H,7H2,1H3,(H,15,16). The number of aliphatic carboxylic acids is 1. The Labute approximate surface area is 98.3 Å². The molecular weight excluding hydrogens is 226 g/mol. The molecule has 1 unspecified atom stereocenters. The maximum atomic E-state index is 10.7. The maximum absolute atomic E-state index is 10.7. The van der Waals surface area contributed by atoms with Gasteiger partial charge >= 0.3 is 5.97 Å². The topological polar surface area (TPSA) is 42.2 Å². The third-order valence-corrected chi connectivity index (χ3v) is 2.98. The van der Waals surface area contributed by atoms with Gasteiger partial charge in [0, 0.05) is 28.2 Å². The summed E-state index contributed by atoms with van der Waals surface area (Å²) in [6.45, 7) is 1.88. The number of fused-ring (bicyclic) bond motifs is 1. The molecule has 1 atom stereocenters. The molecule has 0 saturated carbocycles. The van der Waals surface area contributed by atoms with Gasteiger partial charge in [-0.3, -0.25) is 4.79 Å². The minimum absolute atomic E-state index is 0.0755. The van der Waals surface area contributed by atoms with E-state index in [1.807, 2.05) is 42.0 Å². The minimum atomic E-state index is -0.795. The summed E-state index contributed by atoms with van der Waals surface area (Å²) < 4.78 is 1.94. The Morgan fingerprint density at radius 3 is 2.94 bits per heavy atom. The SMILES string of the molecule is CC(CC(=O)O)n1ccc2c(Cl)cccc21. The first kappa shape index (κ1) is 11.0. The van der Waals surface area contributed by atoms with Crippen LogP contribution in [-0.4, -0.2) is 15.6 Å². The summed E-state index contributed by atoms with van der Waals surface area (Å²) in [6.07, 6.45) is 1.99. The van der Waals surface area contributed by atoms with Gasteiger partial charge in [0.2, 0.25) is 0 Å². The van der Waals surface area contributed by atoms with Gasteiger partial charge in [0.15, 0.2) is 0 Å². The maximum Gasteiger partial charge on any atom is 0.305 e. The first-order valence-electron chi connectivity index (χ1n) is 5.06. The number of carboxylic acids is 1. The fourth-order valence-electron chi connectivity index (χ4n) is 1.89. The zero-order chi connectivity index (χ0) is 11.7. The first-order chi connectivity index (χ1) is 7.59. The van der Waals surface area contributed by atoms with E-state index in [4.69, 9.17) is 16.7 Å². The summed E-state index contributed by atoms with van der Waals surface area (Å²) in [6, 6.07) is 7.48. The number of hydrogen-bond acceptors (Lipinski definition) is 1. The Bertz CT molecular complexity index is 533. The number of aromatic nitrogens is 1. The average molecular weight is 238 g/mol. The van der Waals surface area contributed by atoms with Crippen molar-refractivity contribution in [3.8, 4) is 0 Å². The second-order valence-corrected chi connectivity index (χ2v) is 4.25. The highest BCUT2D eigenvalue weighted by Gasteiger charge is 2.12. The number of nitrogens with zero attached hydrogens (tertiary/aromatic N) is 1. The van der Waals surface area contributed by atoms with Crippen LogP contribution in [-0.2, 0) is 4.79 Å². The molecule has 4 heteroatoms. The van der Waals surface area contributed by atoms with Crippen LogP contribution in [0.5, 0.6) is 0 Å². The molecular formula is C12H12ClNO2. The van der Waals surface area contributed by atoms with Crippen molar-refractivity contribution >= 4 is 28.5 Å². The number of hydrogen-bond donors (Lipinski definition) is 1. The number of rotatable bonds is 3. The Kier molecular flexibility index (Phi) is 2.88. The summed E-state index contributed by atoms with van der Waals surface area (Å²) >= 11 is 6.05. The molecule has 0 aliphatic carbocycles. The van der Waals surface area contributed by atoms with Crippen molar-refractivity contribution in [2.24, 2.45) is 0 Å². The molecule has 0 aliphatic heterocycles. The third-order valence-electron chi connectivity index (χ3n) is 2.65. The lowest BCUT2D eigenvalue weighted by molar-refractivity contribution is -0.137. The third kappa shape index (κ3) is 1.91. The minimum Gasteiger partial charge on any atom is -0.481 e. The van der Waals surface area contributed by atoms with Gasteiger partial charge in [-0.15, -0.1) is 0 Å². The molecule has 0 radical (unpaired) electrons. The molecule has 2 rings (SSSR count). The van der Waals surface area contributed by atoms with Gasteiger partial charge < -0.3 is 9.67 Å². The Morgan fingerprint density at radius 1 is 1.50 bits per heavy atom. The highest BCUT2D eigenvalue weighted by Crippen LogP contribution is 2.27. The zero-order valence-corrected chi connectivity index (χ0v) is 9.61. The van der Waals surface area contributed by atoms with Crippen molar-refractivity contribution in [1.29, 1.82) is 0 Å². The number of carbonyl (C=O) groups is 1. The Hall–Kier alpha value is -1.48. The van der Waals surface area contributed by atoms with Crippen LogP contribution in [0.25, 0.3) is 10.9 Å². The molecule has 1 heterocycles. The van der Waals surface area contributed by atoms with Gasteiger partial charge in [-0.05, 0) is 25.1 Å². The monoisotopic (exact) mass is 237 g/mol. The lowest BCUT2D eigenvalue weighted by atomic mass is 10.2. The van der Waals surface area contributed by atoms with Crippen molar-refractivity contribution in [1.82, 2.24) is 4.57 Å². The largest absolute Gasteiger partial charge is 0.481 e. The number of carboxylic acid groups (broad SMARTS) is 1. The van der Waals surface area contributed by atoms with Gasteiger partial charge in [0.05, 0.1) is 6.42 Å². The molecule has 0 spiro atoms. The lowest BCUT2D eigenvalue weighted by Gasteiger charge is -2.12. The van der Waals surface area contributed by atoms with Gasteiger partial charge in [0.25, 0.3) is 0 Å². The summed E-state index contributed by atoms with van der Waals surface area (Å²) in [7, 11) is 0. The second kappa shape index (κ2) is 4.18. The van der Waals surface area contributed by atoms with Crippen LogP contribution < -0.4 is 0 Å². The van der Waals surface area contributed by atoms with E-state index in [-0.39, 0.29) is 12.5 Å². The smallest absolute Gasteiger partial charge is 0.305 e. The van der Waals surface area contributed by atoms with Crippen LogP contribution in [0, 0.1) is 0 Å². The van der Waals surface area contributed by atoms with Gasteiger partial charge in [-0.25, -0.2) is 0 Å². The number of halogens is 1. The van der Waals surface area contributed by atoms with E-state index < -0.39 is 5.97 Å². The number of benzene rings is 1. The normalized spacial score (nSPS) is 12.9. The molecule has 1 N–H and O–H groups in total. The van der Waals surface area contributed by atoms with Crippen LogP contribution in [0.3, 0.4) is 0 Å². The van der Waals surface area contributed by atoms with Crippen molar-refractivity contribution in [2.75, 3.05) is 0 Å². The molecule has 0 amide bonds. The van der Waals surface area contributed by atoms with E-state index >= 15 is 0 Å². The van der Waals surface area contributed by atoms with Crippen molar-refractivity contribution in [2.45, 2.75) is 19.4 Å². The van der Waals surface area contributed by atoms with Gasteiger partial charge in [-0.2, -0.15) is 0 Å². The molecule has 0 saturated heterocycles. The molecule has 1 aromatic heterocycles. The molecule has 0 aliphatic rings. The Balaban J connectivity index is 2.46. The molecule has 0 bridgehead atoms. The predicted octanol–water partition coefficient (Wildman–Crippen LogP) is 3.33. The van der Waals surface area contributed by atoms with Crippen LogP contribution in [0.1, 0.15) is 19.4 Å². The van der Waals surface area contributed by atoms with E-state index in [1.54, 1.807) is 0 Å². The summed E-state index contributed by atoms with van der Waals surface area (Å²) in [4.78, 5) is 10.7. The molecule has 16 heavy (non-hydrogen) atoms. The van der Waals surface area contributed by atoms with Crippen LogP contribution in [0.2, 0.25) is 5.02 Å². The predicted molar refractivity (Wildman–Crippen MR) is 63.9 cm³/mol. The van der Waals surface area contributed by atoms with Crippen LogP contribution in [0.15, 0.2) is 30.5 Å². The van der Waals surface area contributed by atoms with E-state index in [2.05, 4.69) is 0 Å². The lowest BCUT2D eigenvalue weighted by Crippen LogP contribution is -2.09.